The number of para-hydroxylation sites is 1. The Morgan fingerprint density at radius 3 is 2.64 bits per heavy atom. The number of carbonyl (C=O) groups excluding carboxylic acids is 1. The van der Waals surface area contributed by atoms with Crippen molar-refractivity contribution in [1.82, 2.24) is 5.32 Å². The molecule has 3 N–H and O–H groups in total. The summed E-state index contributed by atoms with van der Waals surface area (Å²) in [6.45, 7) is 1.71. The minimum atomic E-state index is -0.0803. The first-order valence-electron chi connectivity index (χ1n) is 7.79. The molecule has 0 bridgehead atoms. The van der Waals surface area contributed by atoms with Gasteiger partial charge in [-0.2, -0.15) is 0 Å². The number of nitrogen functional groups attached to an aromatic ring is 1. The number of carbonyl (C=O) groups is 1. The van der Waals surface area contributed by atoms with Crippen LogP contribution in [0.2, 0.25) is 5.02 Å². The van der Waals surface area contributed by atoms with Crippen molar-refractivity contribution in [3.8, 4) is 0 Å². The molecule has 1 amide bonds. The number of nitrogens with two attached hydrogens (primary N) is 1. The van der Waals surface area contributed by atoms with Gasteiger partial charge < -0.3 is 16.0 Å². The van der Waals surface area contributed by atoms with Crippen LogP contribution in [0.3, 0.4) is 0 Å². The summed E-state index contributed by atoms with van der Waals surface area (Å²) in [6, 6.07) is 15.0. The maximum atomic E-state index is 12.4. The van der Waals surface area contributed by atoms with E-state index in [4.69, 9.17) is 17.3 Å². The summed E-state index contributed by atoms with van der Waals surface area (Å²) in [4.78, 5) is 14.6. The Hall–Kier alpha value is -1.62. The molecule has 0 spiro atoms. The lowest BCUT2D eigenvalue weighted by molar-refractivity contribution is 0.0933. The van der Waals surface area contributed by atoms with Crippen LogP contribution < -0.4 is 16.0 Å². The van der Waals surface area contributed by atoms with Gasteiger partial charge in [0.15, 0.2) is 0 Å². The second-order valence-corrected chi connectivity index (χ2v) is 6.24. The Kier molecular flexibility index (Phi) is 8.36. The molecule has 4 nitrogen and oxygen atoms in total. The monoisotopic (exact) mass is 401 g/mol. The number of hydrogen-bond donors (Lipinski definition) is 2. The fourth-order valence-electron chi connectivity index (χ4n) is 2.97. The van der Waals surface area contributed by atoms with Gasteiger partial charge in [-0.05, 0) is 43.2 Å². The Balaban J connectivity index is 0.00000156. The average Bonchev–Trinajstić information content (AvgIpc) is 2.55. The Morgan fingerprint density at radius 1 is 1.16 bits per heavy atom. The minimum Gasteiger partial charge on any atom is -0.399 e. The first kappa shape index (κ1) is 21.4. The van der Waals surface area contributed by atoms with E-state index in [2.05, 4.69) is 10.2 Å². The molecule has 0 radical (unpaired) electrons. The van der Waals surface area contributed by atoms with Crippen molar-refractivity contribution < 1.29 is 4.79 Å². The standard InChI is InChI=1S/C18H20ClN3O.2ClH/c19-16-8-1-2-9-17(16)22-10-4-7-15(12-22)21-18(23)13-5-3-6-14(20)11-13;;/h1-3,5-6,8-9,11,15H,4,7,10,12,20H2,(H,21,23);2*1H. The van der Waals surface area contributed by atoms with Crippen LogP contribution in [0.1, 0.15) is 23.2 Å². The lowest BCUT2D eigenvalue weighted by atomic mass is 10.0. The number of benzene rings is 2. The van der Waals surface area contributed by atoms with Gasteiger partial charge in [0, 0.05) is 30.4 Å². The molecule has 1 fully saturated rings. The van der Waals surface area contributed by atoms with Crippen molar-refractivity contribution in [2.24, 2.45) is 0 Å². The fourth-order valence-corrected chi connectivity index (χ4v) is 3.23. The molecule has 1 aliphatic rings. The zero-order valence-electron chi connectivity index (χ0n) is 13.7. The molecule has 1 saturated heterocycles. The molecule has 1 unspecified atom stereocenters. The van der Waals surface area contributed by atoms with Gasteiger partial charge in [-0.3, -0.25) is 4.79 Å². The number of halogens is 3. The van der Waals surface area contributed by atoms with Crippen LogP contribution in [-0.4, -0.2) is 25.0 Å². The molecule has 136 valence electrons. The molecule has 1 atom stereocenters. The van der Waals surface area contributed by atoms with Crippen molar-refractivity contribution in [2.45, 2.75) is 18.9 Å². The second-order valence-electron chi connectivity index (χ2n) is 5.84. The number of nitrogens with zero attached hydrogens (tertiary/aromatic N) is 1. The van der Waals surface area contributed by atoms with Crippen molar-refractivity contribution >= 4 is 53.7 Å². The van der Waals surface area contributed by atoms with E-state index >= 15 is 0 Å². The Labute approximate surface area is 165 Å². The van der Waals surface area contributed by atoms with Gasteiger partial charge in [-0.15, -0.1) is 24.8 Å². The van der Waals surface area contributed by atoms with Crippen molar-refractivity contribution in [3.05, 3.63) is 59.1 Å². The third kappa shape index (κ3) is 5.43. The first-order chi connectivity index (χ1) is 11.1. The quantitative estimate of drug-likeness (QED) is 0.758. The van der Waals surface area contributed by atoms with Crippen LogP contribution in [0, 0.1) is 0 Å². The molecule has 25 heavy (non-hydrogen) atoms. The lowest BCUT2D eigenvalue weighted by Crippen LogP contribution is -2.47. The number of nitrogens with one attached hydrogen (secondary N) is 1. The third-order valence-electron chi connectivity index (χ3n) is 4.10. The molecule has 7 heteroatoms. The van der Waals surface area contributed by atoms with E-state index in [9.17, 15) is 4.79 Å². The van der Waals surface area contributed by atoms with Gasteiger partial charge in [-0.1, -0.05) is 29.8 Å². The topological polar surface area (TPSA) is 58.4 Å². The predicted octanol–water partition coefficient (Wildman–Crippen LogP) is 4.16. The van der Waals surface area contributed by atoms with Crippen LogP contribution in [0.25, 0.3) is 0 Å². The van der Waals surface area contributed by atoms with Crippen LogP contribution >= 0.6 is 36.4 Å². The maximum Gasteiger partial charge on any atom is 0.251 e. The van der Waals surface area contributed by atoms with Gasteiger partial charge in [0.1, 0.15) is 0 Å². The van der Waals surface area contributed by atoms with Crippen LogP contribution in [0.4, 0.5) is 11.4 Å². The minimum absolute atomic E-state index is 0. The van der Waals surface area contributed by atoms with Crippen molar-refractivity contribution in [1.29, 1.82) is 0 Å². The number of hydrogen-bond acceptors (Lipinski definition) is 3. The lowest BCUT2D eigenvalue weighted by Gasteiger charge is -2.35. The van der Waals surface area contributed by atoms with Crippen molar-refractivity contribution in [2.75, 3.05) is 23.7 Å². The first-order valence-corrected chi connectivity index (χ1v) is 8.17. The number of piperidine rings is 1. The van der Waals surface area contributed by atoms with E-state index in [1.807, 2.05) is 24.3 Å². The number of amides is 1. The molecule has 0 saturated carbocycles. The van der Waals surface area contributed by atoms with E-state index < -0.39 is 0 Å². The molecule has 1 aliphatic heterocycles. The third-order valence-corrected chi connectivity index (χ3v) is 4.42. The molecule has 2 aromatic rings. The van der Waals surface area contributed by atoms with Crippen LogP contribution in [-0.2, 0) is 0 Å². The van der Waals surface area contributed by atoms with E-state index in [0.29, 0.717) is 11.3 Å². The van der Waals surface area contributed by atoms with Crippen LogP contribution in [0.15, 0.2) is 48.5 Å². The summed E-state index contributed by atoms with van der Waals surface area (Å²) in [7, 11) is 0. The Morgan fingerprint density at radius 2 is 1.92 bits per heavy atom. The predicted molar refractivity (Wildman–Crippen MR) is 110 cm³/mol. The normalized spacial score (nSPS) is 16.4. The molecule has 0 aliphatic carbocycles. The molecule has 3 rings (SSSR count). The summed E-state index contributed by atoms with van der Waals surface area (Å²) >= 11 is 6.28. The van der Waals surface area contributed by atoms with Crippen molar-refractivity contribution in [3.63, 3.8) is 0 Å². The highest BCUT2D eigenvalue weighted by atomic mass is 35.5. The number of anilines is 2. The van der Waals surface area contributed by atoms with Gasteiger partial charge in [0.2, 0.25) is 0 Å². The van der Waals surface area contributed by atoms with E-state index in [1.54, 1.807) is 24.3 Å². The molecular formula is C18H22Cl3N3O. The molecular weight excluding hydrogens is 381 g/mol. The zero-order chi connectivity index (χ0) is 16.2. The van der Waals surface area contributed by atoms with Gasteiger partial charge in [0.05, 0.1) is 10.7 Å². The summed E-state index contributed by atoms with van der Waals surface area (Å²) < 4.78 is 0. The SMILES string of the molecule is Cl.Cl.Nc1cccc(C(=O)NC2CCCN(c3ccccc3Cl)C2)c1. The van der Waals surface area contributed by atoms with Gasteiger partial charge in [0.25, 0.3) is 5.91 Å². The summed E-state index contributed by atoms with van der Waals surface area (Å²) in [5.74, 6) is -0.0803. The molecule has 2 aromatic carbocycles. The summed E-state index contributed by atoms with van der Waals surface area (Å²) in [5, 5.41) is 3.85. The average molecular weight is 403 g/mol. The van der Waals surface area contributed by atoms with E-state index in [0.717, 1.165) is 36.6 Å². The second kappa shape index (κ2) is 9.76. The van der Waals surface area contributed by atoms with Crippen LogP contribution in [0.5, 0.6) is 0 Å². The van der Waals surface area contributed by atoms with Gasteiger partial charge in [-0.25, -0.2) is 0 Å². The smallest absolute Gasteiger partial charge is 0.251 e. The molecule has 0 aromatic heterocycles. The van der Waals surface area contributed by atoms with E-state index in [-0.39, 0.29) is 36.8 Å². The van der Waals surface area contributed by atoms with Gasteiger partial charge >= 0.3 is 0 Å². The zero-order valence-corrected chi connectivity index (χ0v) is 16.0. The highest BCUT2D eigenvalue weighted by molar-refractivity contribution is 6.33. The summed E-state index contributed by atoms with van der Waals surface area (Å²) in [6.07, 6.45) is 1.99. The highest BCUT2D eigenvalue weighted by Crippen LogP contribution is 2.27. The summed E-state index contributed by atoms with van der Waals surface area (Å²) in [5.41, 5.74) is 7.96. The fraction of sp³-hybridized carbons (Fsp3) is 0.278. The largest absolute Gasteiger partial charge is 0.399 e. The maximum absolute atomic E-state index is 12.4. The van der Waals surface area contributed by atoms with E-state index in [1.165, 1.54) is 0 Å². The molecule has 1 heterocycles. The number of rotatable bonds is 3. The Bertz CT molecular complexity index is 711. The highest BCUT2D eigenvalue weighted by Gasteiger charge is 2.23.